The third-order valence-corrected chi connectivity index (χ3v) is 2.37. The third-order valence-electron chi connectivity index (χ3n) is 2.37. The number of benzene rings is 1. The van der Waals surface area contributed by atoms with Gasteiger partial charge in [-0.05, 0) is 30.8 Å². The standard InChI is InChI=1S/C13H13F4NO2/c1-18(8-13(15,16)17)7-9-2-4-11(14)10(6-9)3-5-12(19)20/h2-6H,7-8H2,1H3,(H,19,20). The van der Waals surface area contributed by atoms with Gasteiger partial charge in [-0.15, -0.1) is 0 Å². The van der Waals surface area contributed by atoms with E-state index in [-0.39, 0.29) is 12.1 Å². The summed E-state index contributed by atoms with van der Waals surface area (Å²) in [6, 6.07) is 3.78. The fourth-order valence-corrected chi connectivity index (χ4v) is 1.65. The van der Waals surface area contributed by atoms with Gasteiger partial charge in [-0.3, -0.25) is 4.90 Å². The maximum atomic E-state index is 13.4. The van der Waals surface area contributed by atoms with E-state index >= 15 is 0 Å². The Morgan fingerprint density at radius 2 is 2.05 bits per heavy atom. The van der Waals surface area contributed by atoms with Crippen LogP contribution in [0.1, 0.15) is 11.1 Å². The van der Waals surface area contributed by atoms with Crippen molar-refractivity contribution in [2.75, 3.05) is 13.6 Å². The van der Waals surface area contributed by atoms with Crippen LogP contribution in [0.5, 0.6) is 0 Å². The van der Waals surface area contributed by atoms with Crippen molar-refractivity contribution in [2.45, 2.75) is 12.7 Å². The molecular weight excluding hydrogens is 278 g/mol. The minimum Gasteiger partial charge on any atom is -0.478 e. The van der Waals surface area contributed by atoms with Crippen molar-refractivity contribution in [3.05, 3.63) is 41.2 Å². The van der Waals surface area contributed by atoms with Gasteiger partial charge in [0, 0.05) is 18.2 Å². The largest absolute Gasteiger partial charge is 0.478 e. The molecule has 0 atom stereocenters. The molecule has 0 unspecified atom stereocenters. The second-order valence-electron chi connectivity index (χ2n) is 4.31. The fraction of sp³-hybridized carbons (Fsp3) is 0.308. The molecule has 20 heavy (non-hydrogen) atoms. The second-order valence-corrected chi connectivity index (χ2v) is 4.31. The first-order valence-corrected chi connectivity index (χ1v) is 5.62. The molecular formula is C13H13F4NO2. The lowest BCUT2D eigenvalue weighted by Crippen LogP contribution is -2.30. The van der Waals surface area contributed by atoms with Crippen molar-refractivity contribution in [2.24, 2.45) is 0 Å². The zero-order chi connectivity index (χ0) is 15.3. The van der Waals surface area contributed by atoms with E-state index in [1.807, 2.05) is 0 Å². The number of alkyl halides is 3. The van der Waals surface area contributed by atoms with E-state index in [2.05, 4.69) is 0 Å². The number of hydrogen-bond donors (Lipinski definition) is 1. The molecule has 0 bridgehead atoms. The Morgan fingerprint density at radius 1 is 1.40 bits per heavy atom. The van der Waals surface area contributed by atoms with Crippen molar-refractivity contribution >= 4 is 12.0 Å². The summed E-state index contributed by atoms with van der Waals surface area (Å²) in [5, 5.41) is 8.47. The first-order chi connectivity index (χ1) is 9.17. The predicted octanol–water partition coefficient (Wildman–Crippen LogP) is 2.92. The molecule has 110 valence electrons. The van der Waals surface area contributed by atoms with Gasteiger partial charge < -0.3 is 5.11 Å². The quantitative estimate of drug-likeness (QED) is 0.670. The topological polar surface area (TPSA) is 40.5 Å². The second kappa shape index (κ2) is 6.51. The van der Waals surface area contributed by atoms with Crippen LogP contribution in [0.4, 0.5) is 17.6 Å². The van der Waals surface area contributed by atoms with Crippen LogP contribution < -0.4 is 0 Å². The maximum absolute atomic E-state index is 13.4. The summed E-state index contributed by atoms with van der Waals surface area (Å²) in [5.74, 6) is -1.87. The van der Waals surface area contributed by atoms with Crippen LogP contribution in [0, 0.1) is 5.82 Å². The van der Waals surface area contributed by atoms with Crippen LogP contribution >= 0.6 is 0 Å². The van der Waals surface area contributed by atoms with Crippen LogP contribution in [-0.2, 0) is 11.3 Å². The van der Waals surface area contributed by atoms with E-state index in [4.69, 9.17) is 5.11 Å². The van der Waals surface area contributed by atoms with Gasteiger partial charge in [0.15, 0.2) is 0 Å². The molecule has 0 radical (unpaired) electrons. The monoisotopic (exact) mass is 291 g/mol. The molecule has 0 fully saturated rings. The van der Waals surface area contributed by atoms with E-state index in [0.717, 1.165) is 23.1 Å². The van der Waals surface area contributed by atoms with Crippen LogP contribution in [0.3, 0.4) is 0 Å². The summed E-state index contributed by atoms with van der Waals surface area (Å²) in [6.07, 6.45) is -2.48. The molecule has 1 aromatic carbocycles. The molecule has 0 amide bonds. The van der Waals surface area contributed by atoms with Gasteiger partial charge in [0.2, 0.25) is 0 Å². The number of halogens is 4. The zero-order valence-corrected chi connectivity index (χ0v) is 10.6. The van der Waals surface area contributed by atoms with Crippen LogP contribution in [-0.4, -0.2) is 35.7 Å². The fourth-order valence-electron chi connectivity index (χ4n) is 1.65. The number of rotatable bonds is 5. The van der Waals surface area contributed by atoms with Gasteiger partial charge in [-0.1, -0.05) is 6.07 Å². The lowest BCUT2D eigenvalue weighted by atomic mass is 10.1. The normalized spacial score (nSPS) is 12.3. The molecule has 0 saturated carbocycles. The molecule has 0 aliphatic heterocycles. The number of hydrogen-bond acceptors (Lipinski definition) is 2. The summed E-state index contributed by atoms with van der Waals surface area (Å²) >= 11 is 0. The summed E-state index contributed by atoms with van der Waals surface area (Å²) in [7, 11) is 1.30. The van der Waals surface area contributed by atoms with Crippen LogP contribution in [0.25, 0.3) is 6.08 Å². The predicted molar refractivity (Wildman–Crippen MR) is 65.5 cm³/mol. The van der Waals surface area contributed by atoms with E-state index in [0.29, 0.717) is 5.56 Å². The number of aliphatic carboxylic acids is 1. The smallest absolute Gasteiger partial charge is 0.401 e. The number of nitrogens with zero attached hydrogens (tertiary/aromatic N) is 1. The molecule has 0 aliphatic carbocycles. The van der Waals surface area contributed by atoms with E-state index < -0.39 is 24.5 Å². The Morgan fingerprint density at radius 3 is 2.60 bits per heavy atom. The molecule has 3 nitrogen and oxygen atoms in total. The highest BCUT2D eigenvalue weighted by atomic mass is 19.4. The van der Waals surface area contributed by atoms with E-state index in [1.54, 1.807) is 0 Å². The van der Waals surface area contributed by atoms with Crippen molar-refractivity contribution in [1.29, 1.82) is 0 Å². The number of carbonyl (C=O) groups is 1. The van der Waals surface area contributed by atoms with Gasteiger partial charge in [0.1, 0.15) is 5.82 Å². The lowest BCUT2D eigenvalue weighted by molar-refractivity contribution is -0.144. The SMILES string of the molecule is CN(Cc1ccc(F)c(C=CC(=O)O)c1)CC(F)(F)F. The Hall–Kier alpha value is -1.89. The molecule has 0 spiro atoms. The van der Waals surface area contributed by atoms with Gasteiger partial charge in [-0.25, -0.2) is 9.18 Å². The van der Waals surface area contributed by atoms with Gasteiger partial charge in [0.05, 0.1) is 6.54 Å². The zero-order valence-electron chi connectivity index (χ0n) is 10.6. The maximum Gasteiger partial charge on any atom is 0.401 e. The average Bonchev–Trinajstić information content (AvgIpc) is 2.27. The van der Waals surface area contributed by atoms with Gasteiger partial charge in [0.25, 0.3) is 0 Å². The highest BCUT2D eigenvalue weighted by Gasteiger charge is 2.29. The molecule has 1 aromatic rings. The van der Waals surface area contributed by atoms with Gasteiger partial charge in [-0.2, -0.15) is 13.2 Å². The van der Waals surface area contributed by atoms with Crippen molar-refractivity contribution in [3.8, 4) is 0 Å². The summed E-state index contributed by atoms with van der Waals surface area (Å²) in [4.78, 5) is 11.4. The van der Waals surface area contributed by atoms with Crippen LogP contribution in [0.2, 0.25) is 0 Å². The Kier molecular flexibility index (Phi) is 5.26. The summed E-state index contributed by atoms with van der Waals surface area (Å²) < 4.78 is 49.9. The molecule has 0 aliphatic rings. The molecule has 7 heteroatoms. The Bertz CT molecular complexity index is 512. The van der Waals surface area contributed by atoms with Crippen molar-refractivity contribution < 1.29 is 27.5 Å². The van der Waals surface area contributed by atoms with Crippen molar-refractivity contribution in [1.82, 2.24) is 4.90 Å². The molecule has 0 heterocycles. The highest BCUT2D eigenvalue weighted by Crippen LogP contribution is 2.18. The van der Waals surface area contributed by atoms with Crippen LogP contribution in [0.15, 0.2) is 24.3 Å². The highest BCUT2D eigenvalue weighted by molar-refractivity contribution is 5.85. The first kappa shape index (κ1) is 16.2. The Labute approximate surface area is 113 Å². The van der Waals surface area contributed by atoms with Crippen molar-refractivity contribution in [3.63, 3.8) is 0 Å². The molecule has 1 rings (SSSR count). The Balaban J connectivity index is 2.82. The van der Waals surface area contributed by atoms with E-state index in [9.17, 15) is 22.4 Å². The first-order valence-electron chi connectivity index (χ1n) is 5.62. The van der Waals surface area contributed by atoms with Gasteiger partial charge >= 0.3 is 12.1 Å². The molecule has 0 aromatic heterocycles. The summed E-state index contributed by atoms with van der Waals surface area (Å²) in [5.41, 5.74) is 0.480. The minimum absolute atomic E-state index is 0.0188. The lowest BCUT2D eigenvalue weighted by Gasteiger charge is -2.18. The average molecular weight is 291 g/mol. The third kappa shape index (κ3) is 5.83. The minimum atomic E-state index is -4.30. The molecule has 0 saturated heterocycles. The molecule has 1 N–H and O–H groups in total. The number of carboxylic acids is 1. The van der Waals surface area contributed by atoms with E-state index in [1.165, 1.54) is 19.2 Å². The summed E-state index contributed by atoms with van der Waals surface area (Å²) in [6.45, 7) is -1.10. The number of carboxylic acid groups (broad SMARTS) is 1.